The summed E-state index contributed by atoms with van der Waals surface area (Å²) in [7, 11) is 0. The number of hydrogen-bond acceptors (Lipinski definition) is 5. The molecule has 7 heteroatoms. The van der Waals surface area contributed by atoms with Gasteiger partial charge in [-0.15, -0.1) is 5.10 Å². The van der Waals surface area contributed by atoms with E-state index in [1.54, 1.807) is 23.3 Å². The van der Waals surface area contributed by atoms with Crippen molar-refractivity contribution in [2.24, 2.45) is 0 Å². The number of aliphatic hydroxyl groups is 1. The normalized spacial score (nSPS) is 18.2. The van der Waals surface area contributed by atoms with E-state index in [0.717, 1.165) is 23.4 Å². The number of hydrogen-bond donors (Lipinski definition) is 1. The first-order valence-corrected chi connectivity index (χ1v) is 7.37. The Kier molecular flexibility index (Phi) is 3.71. The Bertz CT molecular complexity index is 549. The highest BCUT2D eigenvalue weighted by Gasteiger charge is 2.33. The molecule has 0 aliphatic carbocycles. The van der Waals surface area contributed by atoms with E-state index in [9.17, 15) is 5.11 Å². The van der Waals surface area contributed by atoms with Crippen LogP contribution in [0.25, 0.3) is 0 Å². The lowest BCUT2D eigenvalue weighted by Crippen LogP contribution is -2.47. The molecule has 106 valence electrons. The largest absolute Gasteiger partial charge is 0.388 e. The molecular formula is C13H16BrN5O. The van der Waals surface area contributed by atoms with Crippen molar-refractivity contribution in [1.82, 2.24) is 20.0 Å². The van der Waals surface area contributed by atoms with Crippen molar-refractivity contribution >= 4 is 21.7 Å². The zero-order chi connectivity index (χ0) is 14.0. The molecule has 0 unspecified atom stereocenters. The van der Waals surface area contributed by atoms with Crippen LogP contribution in [0.3, 0.4) is 0 Å². The average molecular weight is 338 g/mol. The number of pyridine rings is 1. The SMILES string of the molecule is OC1(Cn2ccnn2)CCN(c2ccc(Br)cn2)CC1. The average Bonchev–Trinajstić information content (AvgIpc) is 2.93. The molecule has 0 aromatic carbocycles. The molecular weight excluding hydrogens is 322 g/mol. The Balaban J connectivity index is 1.62. The van der Waals surface area contributed by atoms with E-state index in [1.807, 2.05) is 12.1 Å². The molecule has 1 aliphatic heterocycles. The second-order valence-electron chi connectivity index (χ2n) is 5.15. The summed E-state index contributed by atoms with van der Waals surface area (Å²) in [5.74, 6) is 0.955. The molecule has 2 aromatic rings. The van der Waals surface area contributed by atoms with E-state index in [0.29, 0.717) is 19.4 Å². The minimum atomic E-state index is -0.709. The van der Waals surface area contributed by atoms with Crippen molar-refractivity contribution in [3.05, 3.63) is 35.2 Å². The summed E-state index contributed by atoms with van der Waals surface area (Å²) in [5.41, 5.74) is -0.709. The zero-order valence-electron chi connectivity index (χ0n) is 11.0. The molecule has 3 rings (SSSR count). The van der Waals surface area contributed by atoms with Gasteiger partial charge in [0, 0.05) is 30.0 Å². The fraction of sp³-hybridized carbons (Fsp3) is 0.462. The van der Waals surface area contributed by atoms with Gasteiger partial charge in [0.25, 0.3) is 0 Å². The van der Waals surface area contributed by atoms with Gasteiger partial charge in [0.15, 0.2) is 0 Å². The van der Waals surface area contributed by atoms with Gasteiger partial charge in [0.2, 0.25) is 0 Å². The van der Waals surface area contributed by atoms with Gasteiger partial charge in [-0.3, -0.25) is 0 Å². The minimum absolute atomic E-state index is 0.495. The lowest BCUT2D eigenvalue weighted by Gasteiger charge is -2.38. The van der Waals surface area contributed by atoms with E-state index in [-0.39, 0.29) is 0 Å². The van der Waals surface area contributed by atoms with E-state index >= 15 is 0 Å². The standard InChI is InChI=1S/C13H16BrN5O/c14-11-1-2-12(15-9-11)18-6-3-13(20,4-7-18)10-19-8-5-16-17-19/h1-2,5,8-9,20H,3-4,6-7,10H2. The number of halogens is 1. The third-order valence-electron chi connectivity index (χ3n) is 3.66. The van der Waals surface area contributed by atoms with Gasteiger partial charge in [0.1, 0.15) is 5.82 Å². The van der Waals surface area contributed by atoms with Gasteiger partial charge in [-0.25, -0.2) is 9.67 Å². The molecule has 3 heterocycles. The van der Waals surface area contributed by atoms with Gasteiger partial charge in [-0.05, 0) is 40.9 Å². The lowest BCUT2D eigenvalue weighted by atomic mass is 9.91. The topological polar surface area (TPSA) is 67.1 Å². The zero-order valence-corrected chi connectivity index (χ0v) is 12.6. The number of anilines is 1. The summed E-state index contributed by atoms with van der Waals surface area (Å²) < 4.78 is 2.66. The Morgan fingerprint density at radius 1 is 1.30 bits per heavy atom. The van der Waals surface area contributed by atoms with Crippen LogP contribution in [0.1, 0.15) is 12.8 Å². The van der Waals surface area contributed by atoms with Crippen LogP contribution in [0, 0.1) is 0 Å². The molecule has 2 aromatic heterocycles. The van der Waals surface area contributed by atoms with Crippen LogP contribution in [-0.4, -0.2) is 43.8 Å². The molecule has 1 aliphatic rings. The molecule has 0 atom stereocenters. The van der Waals surface area contributed by atoms with Gasteiger partial charge in [0.05, 0.1) is 18.3 Å². The van der Waals surface area contributed by atoms with E-state index in [4.69, 9.17) is 0 Å². The first-order chi connectivity index (χ1) is 9.65. The summed E-state index contributed by atoms with van der Waals surface area (Å²) in [4.78, 5) is 6.59. The summed E-state index contributed by atoms with van der Waals surface area (Å²) in [5, 5.41) is 18.3. The van der Waals surface area contributed by atoms with Crippen LogP contribution in [0.5, 0.6) is 0 Å². The monoisotopic (exact) mass is 337 g/mol. The number of aromatic nitrogens is 4. The maximum atomic E-state index is 10.6. The second kappa shape index (κ2) is 5.49. The molecule has 0 spiro atoms. The Hall–Kier alpha value is -1.47. The maximum Gasteiger partial charge on any atom is 0.128 e. The van der Waals surface area contributed by atoms with Gasteiger partial charge in [-0.1, -0.05) is 5.21 Å². The van der Waals surface area contributed by atoms with Crippen molar-refractivity contribution < 1.29 is 5.11 Å². The van der Waals surface area contributed by atoms with Crippen LogP contribution < -0.4 is 4.90 Å². The molecule has 6 nitrogen and oxygen atoms in total. The van der Waals surface area contributed by atoms with E-state index < -0.39 is 5.60 Å². The maximum absolute atomic E-state index is 10.6. The Labute approximate surface area is 125 Å². The van der Waals surface area contributed by atoms with Crippen molar-refractivity contribution in [1.29, 1.82) is 0 Å². The highest BCUT2D eigenvalue weighted by Crippen LogP contribution is 2.27. The van der Waals surface area contributed by atoms with Crippen LogP contribution in [0.4, 0.5) is 5.82 Å². The van der Waals surface area contributed by atoms with Crippen LogP contribution >= 0.6 is 15.9 Å². The number of piperidine rings is 1. The molecule has 1 N–H and O–H groups in total. The molecule has 1 fully saturated rings. The van der Waals surface area contributed by atoms with Crippen molar-refractivity contribution in [2.45, 2.75) is 25.0 Å². The second-order valence-corrected chi connectivity index (χ2v) is 6.06. The molecule has 0 radical (unpaired) electrons. The fourth-order valence-electron chi connectivity index (χ4n) is 2.48. The van der Waals surface area contributed by atoms with Crippen LogP contribution in [0.2, 0.25) is 0 Å². The van der Waals surface area contributed by atoms with Gasteiger partial charge in [-0.2, -0.15) is 0 Å². The quantitative estimate of drug-likeness (QED) is 0.918. The van der Waals surface area contributed by atoms with Crippen molar-refractivity contribution in [3.8, 4) is 0 Å². The number of rotatable bonds is 3. The van der Waals surface area contributed by atoms with E-state index in [2.05, 4.69) is 36.1 Å². The summed E-state index contributed by atoms with van der Waals surface area (Å²) in [6, 6.07) is 3.98. The predicted octanol–water partition coefficient (Wildman–Crippen LogP) is 1.47. The summed E-state index contributed by atoms with van der Waals surface area (Å²) in [6.07, 6.45) is 6.60. The summed E-state index contributed by atoms with van der Waals surface area (Å²) >= 11 is 3.38. The molecule has 0 bridgehead atoms. The summed E-state index contributed by atoms with van der Waals surface area (Å²) in [6.45, 7) is 2.08. The third-order valence-corrected chi connectivity index (χ3v) is 4.13. The highest BCUT2D eigenvalue weighted by atomic mass is 79.9. The number of nitrogens with zero attached hydrogens (tertiary/aromatic N) is 5. The Morgan fingerprint density at radius 2 is 2.10 bits per heavy atom. The van der Waals surface area contributed by atoms with E-state index in [1.165, 1.54) is 0 Å². The predicted molar refractivity (Wildman–Crippen MR) is 78.4 cm³/mol. The molecule has 20 heavy (non-hydrogen) atoms. The minimum Gasteiger partial charge on any atom is -0.388 e. The fourth-order valence-corrected chi connectivity index (χ4v) is 2.72. The van der Waals surface area contributed by atoms with Gasteiger partial charge >= 0.3 is 0 Å². The van der Waals surface area contributed by atoms with Crippen molar-refractivity contribution in [2.75, 3.05) is 18.0 Å². The van der Waals surface area contributed by atoms with Crippen LogP contribution in [-0.2, 0) is 6.54 Å². The first kappa shape index (κ1) is 13.5. The molecule has 0 amide bonds. The molecule has 1 saturated heterocycles. The van der Waals surface area contributed by atoms with Gasteiger partial charge < -0.3 is 10.0 Å². The molecule has 0 saturated carbocycles. The smallest absolute Gasteiger partial charge is 0.128 e. The van der Waals surface area contributed by atoms with Crippen molar-refractivity contribution in [3.63, 3.8) is 0 Å². The highest BCUT2D eigenvalue weighted by molar-refractivity contribution is 9.10. The third kappa shape index (κ3) is 2.99. The first-order valence-electron chi connectivity index (χ1n) is 6.58. The van der Waals surface area contributed by atoms with Crippen LogP contribution in [0.15, 0.2) is 35.2 Å². The lowest BCUT2D eigenvalue weighted by molar-refractivity contribution is -0.00355. The Morgan fingerprint density at radius 3 is 2.70 bits per heavy atom.